The SMILES string of the molecule is CC(CCCC(C)(C)O)c1cncs1. The van der Waals surface area contributed by atoms with Crippen molar-refractivity contribution in [1.82, 2.24) is 4.98 Å². The van der Waals surface area contributed by atoms with E-state index in [-0.39, 0.29) is 0 Å². The molecule has 1 aromatic rings. The molecule has 1 aromatic heterocycles. The van der Waals surface area contributed by atoms with Crippen LogP contribution in [0.2, 0.25) is 0 Å². The molecule has 0 bridgehead atoms. The Morgan fingerprint density at radius 2 is 2.29 bits per heavy atom. The minimum absolute atomic E-state index is 0.520. The van der Waals surface area contributed by atoms with Gasteiger partial charge in [-0.1, -0.05) is 6.92 Å². The Balaban J connectivity index is 2.26. The highest BCUT2D eigenvalue weighted by Gasteiger charge is 2.13. The number of nitrogens with zero attached hydrogens (tertiary/aromatic N) is 1. The normalized spacial score (nSPS) is 14.3. The van der Waals surface area contributed by atoms with E-state index in [0.29, 0.717) is 5.92 Å². The summed E-state index contributed by atoms with van der Waals surface area (Å²) >= 11 is 1.72. The third-order valence-electron chi connectivity index (χ3n) is 2.36. The van der Waals surface area contributed by atoms with E-state index in [2.05, 4.69) is 11.9 Å². The van der Waals surface area contributed by atoms with Gasteiger partial charge in [0.1, 0.15) is 0 Å². The Hall–Kier alpha value is -0.410. The topological polar surface area (TPSA) is 33.1 Å². The van der Waals surface area contributed by atoms with Crippen molar-refractivity contribution in [2.75, 3.05) is 0 Å². The summed E-state index contributed by atoms with van der Waals surface area (Å²) in [5.74, 6) is 0.574. The van der Waals surface area contributed by atoms with Crippen LogP contribution < -0.4 is 0 Å². The van der Waals surface area contributed by atoms with Crippen LogP contribution in [0.15, 0.2) is 11.7 Å². The largest absolute Gasteiger partial charge is 0.390 e. The molecule has 1 unspecified atom stereocenters. The maximum atomic E-state index is 9.55. The molecule has 14 heavy (non-hydrogen) atoms. The first-order chi connectivity index (χ1) is 6.49. The molecular weight excluding hydrogens is 194 g/mol. The van der Waals surface area contributed by atoms with Gasteiger partial charge in [-0.25, -0.2) is 0 Å². The predicted molar refractivity (Wildman–Crippen MR) is 60.7 cm³/mol. The highest BCUT2D eigenvalue weighted by Crippen LogP contribution is 2.25. The van der Waals surface area contributed by atoms with Crippen molar-refractivity contribution in [3.05, 3.63) is 16.6 Å². The average molecular weight is 213 g/mol. The first kappa shape index (κ1) is 11.7. The van der Waals surface area contributed by atoms with Crippen LogP contribution in [0.1, 0.15) is 50.8 Å². The number of thiazole rings is 1. The molecule has 0 saturated heterocycles. The third-order valence-corrected chi connectivity index (χ3v) is 3.37. The highest BCUT2D eigenvalue weighted by atomic mass is 32.1. The molecule has 1 rings (SSSR count). The minimum atomic E-state index is -0.520. The zero-order valence-electron chi connectivity index (χ0n) is 9.16. The van der Waals surface area contributed by atoms with Crippen molar-refractivity contribution in [1.29, 1.82) is 0 Å². The van der Waals surface area contributed by atoms with Gasteiger partial charge in [0.2, 0.25) is 0 Å². The van der Waals surface area contributed by atoms with Crippen molar-refractivity contribution in [2.45, 2.75) is 51.6 Å². The van der Waals surface area contributed by atoms with Crippen LogP contribution in [-0.4, -0.2) is 15.7 Å². The number of hydrogen-bond acceptors (Lipinski definition) is 3. The first-order valence-corrected chi connectivity index (χ1v) is 5.98. The van der Waals surface area contributed by atoms with Gasteiger partial charge in [0, 0.05) is 11.1 Å². The molecule has 2 nitrogen and oxygen atoms in total. The number of aliphatic hydroxyl groups is 1. The molecule has 80 valence electrons. The van der Waals surface area contributed by atoms with Gasteiger partial charge in [0.25, 0.3) is 0 Å². The molecule has 0 spiro atoms. The monoisotopic (exact) mass is 213 g/mol. The quantitative estimate of drug-likeness (QED) is 0.815. The van der Waals surface area contributed by atoms with Gasteiger partial charge in [-0.15, -0.1) is 11.3 Å². The Kier molecular flexibility index (Phi) is 4.08. The van der Waals surface area contributed by atoms with Crippen LogP contribution in [0.3, 0.4) is 0 Å². The number of aromatic nitrogens is 1. The standard InChI is InChI=1S/C11H19NOS/c1-9(10-7-12-8-14-10)5-4-6-11(2,3)13/h7-9,13H,4-6H2,1-3H3. The van der Waals surface area contributed by atoms with Crippen molar-refractivity contribution < 1.29 is 5.11 Å². The van der Waals surface area contributed by atoms with Crippen molar-refractivity contribution in [2.24, 2.45) is 0 Å². The van der Waals surface area contributed by atoms with Crippen molar-refractivity contribution in [3.63, 3.8) is 0 Å². The summed E-state index contributed by atoms with van der Waals surface area (Å²) in [6.07, 6.45) is 5.02. The summed E-state index contributed by atoms with van der Waals surface area (Å²) in [5, 5.41) is 9.55. The maximum Gasteiger partial charge on any atom is 0.0794 e. The summed E-state index contributed by atoms with van der Waals surface area (Å²) in [5.41, 5.74) is 1.36. The van der Waals surface area contributed by atoms with E-state index in [4.69, 9.17) is 0 Å². The van der Waals surface area contributed by atoms with Crippen LogP contribution in [0.5, 0.6) is 0 Å². The maximum absolute atomic E-state index is 9.55. The second kappa shape index (κ2) is 4.89. The molecule has 0 aliphatic carbocycles. The Morgan fingerprint density at radius 3 is 2.79 bits per heavy atom. The molecule has 0 aromatic carbocycles. The van der Waals surface area contributed by atoms with Gasteiger partial charge in [-0.3, -0.25) is 4.98 Å². The second-order valence-electron chi connectivity index (χ2n) is 4.51. The highest BCUT2D eigenvalue weighted by molar-refractivity contribution is 7.09. The third kappa shape index (κ3) is 4.20. The fourth-order valence-electron chi connectivity index (χ4n) is 1.45. The van der Waals surface area contributed by atoms with Gasteiger partial charge < -0.3 is 5.11 Å². The summed E-state index contributed by atoms with van der Waals surface area (Å²) in [7, 11) is 0. The van der Waals surface area contributed by atoms with Gasteiger partial charge in [-0.05, 0) is 39.0 Å². The molecule has 0 amide bonds. The first-order valence-electron chi connectivity index (χ1n) is 5.10. The second-order valence-corrected chi connectivity index (χ2v) is 5.43. The molecular formula is C11H19NOS. The van der Waals surface area contributed by atoms with E-state index in [1.54, 1.807) is 11.3 Å². The molecule has 1 heterocycles. The molecule has 1 N–H and O–H groups in total. The molecule has 0 radical (unpaired) electrons. The lowest BCUT2D eigenvalue weighted by Crippen LogP contribution is -2.18. The zero-order chi connectivity index (χ0) is 10.6. The van der Waals surface area contributed by atoms with Crippen LogP contribution >= 0.6 is 11.3 Å². The number of rotatable bonds is 5. The smallest absolute Gasteiger partial charge is 0.0794 e. The van der Waals surface area contributed by atoms with E-state index < -0.39 is 5.60 Å². The van der Waals surface area contributed by atoms with Crippen LogP contribution in [0.25, 0.3) is 0 Å². The lowest BCUT2D eigenvalue weighted by atomic mass is 9.96. The average Bonchev–Trinajstić information content (AvgIpc) is 2.53. The molecule has 1 atom stereocenters. The molecule has 0 saturated carbocycles. The van der Waals surface area contributed by atoms with Gasteiger partial charge in [0.15, 0.2) is 0 Å². The van der Waals surface area contributed by atoms with Crippen LogP contribution in [-0.2, 0) is 0 Å². The summed E-state index contributed by atoms with van der Waals surface area (Å²) in [4.78, 5) is 5.42. The van der Waals surface area contributed by atoms with E-state index in [0.717, 1.165) is 19.3 Å². The van der Waals surface area contributed by atoms with Crippen molar-refractivity contribution >= 4 is 11.3 Å². The fourth-order valence-corrected chi connectivity index (χ4v) is 2.17. The molecule has 3 heteroatoms. The van der Waals surface area contributed by atoms with Gasteiger partial charge in [0.05, 0.1) is 11.1 Å². The van der Waals surface area contributed by atoms with E-state index in [9.17, 15) is 5.11 Å². The Morgan fingerprint density at radius 1 is 1.57 bits per heavy atom. The fraction of sp³-hybridized carbons (Fsp3) is 0.727. The minimum Gasteiger partial charge on any atom is -0.390 e. The lowest BCUT2D eigenvalue weighted by molar-refractivity contribution is 0.0678. The Bertz CT molecular complexity index is 251. The summed E-state index contributed by atoms with van der Waals surface area (Å²) < 4.78 is 0. The molecule has 0 aliphatic heterocycles. The lowest BCUT2D eigenvalue weighted by Gasteiger charge is -2.17. The van der Waals surface area contributed by atoms with Crippen LogP contribution in [0.4, 0.5) is 0 Å². The summed E-state index contributed by atoms with van der Waals surface area (Å²) in [6, 6.07) is 0. The Labute approximate surface area is 90.0 Å². The summed E-state index contributed by atoms with van der Waals surface area (Å²) in [6.45, 7) is 5.95. The van der Waals surface area contributed by atoms with Gasteiger partial charge in [-0.2, -0.15) is 0 Å². The van der Waals surface area contributed by atoms with Crippen LogP contribution in [0, 0.1) is 0 Å². The van der Waals surface area contributed by atoms with E-state index in [1.165, 1.54) is 4.88 Å². The van der Waals surface area contributed by atoms with Gasteiger partial charge >= 0.3 is 0 Å². The van der Waals surface area contributed by atoms with E-state index >= 15 is 0 Å². The zero-order valence-corrected chi connectivity index (χ0v) is 9.97. The van der Waals surface area contributed by atoms with Crippen molar-refractivity contribution in [3.8, 4) is 0 Å². The predicted octanol–water partition coefficient (Wildman–Crippen LogP) is 3.19. The molecule has 0 aliphatic rings. The molecule has 0 fully saturated rings. The number of hydrogen-bond donors (Lipinski definition) is 1. The van der Waals surface area contributed by atoms with E-state index in [1.807, 2.05) is 25.6 Å².